The third-order valence-electron chi connectivity index (χ3n) is 5.54. The van der Waals surface area contributed by atoms with Gasteiger partial charge in [-0.2, -0.15) is 5.10 Å². The van der Waals surface area contributed by atoms with Crippen LogP contribution in [0.5, 0.6) is 0 Å². The van der Waals surface area contributed by atoms with Crippen LogP contribution >= 0.6 is 0 Å². The molecule has 4 rings (SSSR count). The third kappa shape index (κ3) is 3.29. The van der Waals surface area contributed by atoms with Gasteiger partial charge in [-0.3, -0.25) is 24.1 Å². The molecule has 2 atom stereocenters. The number of benzene rings is 1. The molecule has 2 aromatic rings. The molecular weight excluding hydrogens is 328 g/mol. The van der Waals surface area contributed by atoms with Crippen molar-refractivity contribution in [2.75, 3.05) is 19.6 Å². The van der Waals surface area contributed by atoms with Crippen LogP contribution < -0.4 is 0 Å². The number of rotatable bonds is 5. The van der Waals surface area contributed by atoms with E-state index in [-0.39, 0.29) is 17.9 Å². The lowest BCUT2D eigenvalue weighted by atomic mass is 10.0. The maximum atomic E-state index is 12.8. The van der Waals surface area contributed by atoms with Gasteiger partial charge in [0.25, 0.3) is 0 Å². The molecule has 0 bridgehead atoms. The molecule has 26 heavy (non-hydrogen) atoms. The van der Waals surface area contributed by atoms with Gasteiger partial charge in [-0.1, -0.05) is 30.3 Å². The fourth-order valence-electron chi connectivity index (χ4n) is 4.06. The predicted molar refractivity (Wildman–Crippen MR) is 97.4 cm³/mol. The van der Waals surface area contributed by atoms with Gasteiger partial charge in [0.15, 0.2) is 0 Å². The molecular formula is C20H24N4O2. The summed E-state index contributed by atoms with van der Waals surface area (Å²) in [6, 6.07) is 9.70. The minimum atomic E-state index is -0.292. The molecule has 2 aliphatic rings. The second-order valence-electron chi connectivity index (χ2n) is 7.27. The van der Waals surface area contributed by atoms with Crippen molar-refractivity contribution in [1.82, 2.24) is 19.6 Å². The Morgan fingerprint density at radius 2 is 2.00 bits per heavy atom. The first-order chi connectivity index (χ1) is 12.6. The van der Waals surface area contributed by atoms with Crippen LogP contribution in [0.4, 0.5) is 0 Å². The lowest BCUT2D eigenvalue weighted by molar-refractivity contribution is -0.139. The van der Waals surface area contributed by atoms with Crippen molar-refractivity contribution in [2.45, 2.75) is 31.2 Å². The number of aryl methyl sites for hydroxylation is 1. The molecule has 2 aliphatic heterocycles. The SMILES string of the molecule is Cn1cc(C2CCN(C3CC(=O)N(CCc4ccccc4)C3=O)C2)cn1. The topological polar surface area (TPSA) is 58.4 Å². The van der Waals surface area contributed by atoms with Gasteiger partial charge < -0.3 is 0 Å². The highest BCUT2D eigenvalue weighted by atomic mass is 16.2. The Labute approximate surface area is 153 Å². The Kier molecular flexibility index (Phi) is 4.59. The van der Waals surface area contributed by atoms with Gasteiger partial charge in [0.1, 0.15) is 0 Å². The summed E-state index contributed by atoms with van der Waals surface area (Å²) in [5.74, 6) is 0.323. The second kappa shape index (κ2) is 7.03. The molecule has 1 aromatic heterocycles. The predicted octanol–water partition coefficient (Wildman–Crippen LogP) is 1.58. The van der Waals surface area contributed by atoms with Crippen molar-refractivity contribution in [3.05, 3.63) is 53.9 Å². The second-order valence-corrected chi connectivity index (χ2v) is 7.27. The molecule has 6 heteroatoms. The normalized spacial score (nSPS) is 24.0. The summed E-state index contributed by atoms with van der Waals surface area (Å²) in [5, 5.41) is 4.24. The molecule has 0 saturated carbocycles. The van der Waals surface area contributed by atoms with Crippen LogP contribution in [-0.2, 0) is 23.1 Å². The number of amides is 2. The summed E-state index contributed by atoms with van der Waals surface area (Å²) >= 11 is 0. The Morgan fingerprint density at radius 1 is 1.19 bits per heavy atom. The Morgan fingerprint density at radius 3 is 2.73 bits per heavy atom. The van der Waals surface area contributed by atoms with Crippen molar-refractivity contribution in [3.8, 4) is 0 Å². The zero-order valence-corrected chi connectivity index (χ0v) is 15.0. The minimum Gasteiger partial charge on any atom is -0.291 e. The molecule has 0 spiro atoms. The third-order valence-corrected chi connectivity index (χ3v) is 5.54. The quantitative estimate of drug-likeness (QED) is 0.767. The maximum absolute atomic E-state index is 12.8. The highest BCUT2D eigenvalue weighted by Crippen LogP contribution is 2.31. The van der Waals surface area contributed by atoms with Crippen molar-refractivity contribution >= 4 is 11.8 Å². The van der Waals surface area contributed by atoms with E-state index in [1.165, 1.54) is 10.5 Å². The molecule has 0 N–H and O–H groups in total. The largest absolute Gasteiger partial charge is 0.291 e. The van der Waals surface area contributed by atoms with E-state index in [0.29, 0.717) is 25.3 Å². The number of carbonyl (C=O) groups is 2. The zero-order chi connectivity index (χ0) is 18.1. The fraction of sp³-hybridized carbons (Fsp3) is 0.450. The van der Waals surface area contributed by atoms with Crippen molar-refractivity contribution < 1.29 is 9.59 Å². The first-order valence-corrected chi connectivity index (χ1v) is 9.22. The van der Waals surface area contributed by atoms with E-state index < -0.39 is 0 Å². The number of hydrogen-bond donors (Lipinski definition) is 0. The Balaban J connectivity index is 1.38. The van der Waals surface area contributed by atoms with E-state index in [4.69, 9.17) is 0 Å². The van der Waals surface area contributed by atoms with Gasteiger partial charge in [0, 0.05) is 32.3 Å². The van der Waals surface area contributed by atoms with Gasteiger partial charge in [0.05, 0.1) is 18.7 Å². The standard InChI is InChI=1S/C20H24N4O2/c1-22-13-17(12-21-22)16-8-9-23(14-16)18-11-19(25)24(20(18)26)10-7-15-5-3-2-4-6-15/h2-6,12-13,16,18H,7-11,14H2,1H3. The highest BCUT2D eigenvalue weighted by molar-refractivity contribution is 6.05. The smallest absolute Gasteiger partial charge is 0.247 e. The van der Waals surface area contributed by atoms with Gasteiger partial charge in [-0.15, -0.1) is 0 Å². The molecule has 2 amide bonds. The summed E-state index contributed by atoms with van der Waals surface area (Å²) < 4.78 is 1.81. The van der Waals surface area contributed by atoms with Gasteiger partial charge in [-0.25, -0.2) is 0 Å². The zero-order valence-electron chi connectivity index (χ0n) is 15.0. The number of aromatic nitrogens is 2. The molecule has 136 valence electrons. The van der Waals surface area contributed by atoms with E-state index in [1.54, 1.807) is 0 Å². The molecule has 0 radical (unpaired) electrons. The van der Waals surface area contributed by atoms with Crippen molar-refractivity contribution in [2.24, 2.45) is 7.05 Å². The van der Waals surface area contributed by atoms with Crippen molar-refractivity contribution in [3.63, 3.8) is 0 Å². The summed E-state index contributed by atoms with van der Waals surface area (Å²) in [6.45, 7) is 2.15. The van der Waals surface area contributed by atoms with Crippen LogP contribution in [0.1, 0.15) is 29.9 Å². The van der Waals surface area contributed by atoms with Crippen LogP contribution in [0.25, 0.3) is 0 Å². The van der Waals surface area contributed by atoms with Crippen LogP contribution in [0.3, 0.4) is 0 Å². The molecule has 3 heterocycles. The maximum Gasteiger partial charge on any atom is 0.247 e. The average molecular weight is 352 g/mol. The molecule has 0 aliphatic carbocycles. The molecule has 1 aromatic carbocycles. The van der Waals surface area contributed by atoms with E-state index in [0.717, 1.165) is 25.1 Å². The molecule has 2 unspecified atom stereocenters. The molecule has 2 fully saturated rings. The highest BCUT2D eigenvalue weighted by Gasteiger charge is 2.43. The molecule has 6 nitrogen and oxygen atoms in total. The fourth-order valence-corrected chi connectivity index (χ4v) is 4.06. The monoisotopic (exact) mass is 352 g/mol. The number of likely N-dealkylation sites (tertiary alicyclic amines) is 2. The lowest BCUT2D eigenvalue weighted by Gasteiger charge is -2.22. The summed E-state index contributed by atoms with van der Waals surface area (Å²) in [7, 11) is 1.92. The average Bonchev–Trinajstić information content (AvgIpc) is 3.34. The van der Waals surface area contributed by atoms with Gasteiger partial charge >= 0.3 is 0 Å². The van der Waals surface area contributed by atoms with Crippen LogP contribution in [0.2, 0.25) is 0 Å². The molecule has 2 saturated heterocycles. The Hall–Kier alpha value is -2.47. The van der Waals surface area contributed by atoms with E-state index >= 15 is 0 Å². The first-order valence-electron chi connectivity index (χ1n) is 9.22. The van der Waals surface area contributed by atoms with Gasteiger partial charge in [0.2, 0.25) is 11.8 Å². The van der Waals surface area contributed by atoms with Crippen molar-refractivity contribution in [1.29, 1.82) is 0 Å². The van der Waals surface area contributed by atoms with Gasteiger partial charge in [-0.05, 0) is 30.5 Å². The lowest BCUT2D eigenvalue weighted by Crippen LogP contribution is -2.41. The summed E-state index contributed by atoms with van der Waals surface area (Å²) in [4.78, 5) is 28.8. The van der Waals surface area contributed by atoms with E-state index in [2.05, 4.69) is 10.00 Å². The van der Waals surface area contributed by atoms with E-state index in [1.807, 2.05) is 54.5 Å². The van der Waals surface area contributed by atoms with Crippen LogP contribution in [-0.4, -0.2) is 57.1 Å². The van der Waals surface area contributed by atoms with Crippen LogP contribution in [0, 0.1) is 0 Å². The van der Waals surface area contributed by atoms with Crippen LogP contribution in [0.15, 0.2) is 42.7 Å². The summed E-state index contributed by atoms with van der Waals surface area (Å²) in [6.07, 6.45) is 5.98. The Bertz CT molecular complexity index is 801. The number of carbonyl (C=O) groups excluding carboxylic acids is 2. The minimum absolute atomic E-state index is 0.0298. The summed E-state index contributed by atoms with van der Waals surface area (Å²) in [5.41, 5.74) is 2.36. The number of nitrogens with zero attached hydrogens (tertiary/aromatic N) is 4. The number of hydrogen-bond acceptors (Lipinski definition) is 4. The van der Waals surface area contributed by atoms with E-state index in [9.17, 15) is 9.59 Å². The first kappa shape index (κ1) is 17.0. The number of imide groups is 1.